The van der Waals surface area contributed by atoms with Gasteiger partial charge < -0.3 is 5.32 Å². The van der Waals surface area contributed by atoms with E-state index in [1.165, 1.54) is 24.8 Å². The van der Waals surface area contributed by atoms with Crippen molar-refractivity contribution in [3.05, 3.63) is 41.1 Å². The number of nitrogens with zero attached hydrogens (tertiary/aromatic N) is 1. The topological polar surface area (TPSA) is 41.5 Å². The minimum atomic E-state index is -0.0616. The van der Waals surface area contributed by atoms with Crippen LogP contribution in [0.1, 0.15) is 63.0 Å². The number of carbonyl (C=O) groups is 1. The summed E-state index contributed by atoms with van der Waals surface area (Å²) in [7, 11) is 0. The monoisotopic (exact) mass is 296 g/mol. The van der Waals surface area contributed by atoms with Crippen LogP contribution in [-0.2, 0) is 4.79 Å². The third kappa shape index (κ3) is 3.29. The average Bonchev–Trinajstić information content (AvgIpc) is 2.90. The fourth-order valence-corrected chi connectivity index (χ4v) is 3.19. The predicted octanol–water partition coefficient (Wildman–Crippen LogP) is 4.26. The van der Waals surface area contributed by atoms with Crippen molar-refractivity contribution in [3.63, 3.8) is 0 Å². The molecule has 1 amide bonds. The molecule has 1 N–H and O–H groups in total. The molecule has 0 unspecified atom stereocenters. The van der Waals surface area contributed by atoms with Crippen LogP contribution in [0.25, 0.3) is 6.08 Å². The van der Waals surface area contributed by atoms with Gasteiger partial charge in [0.1, 0.15) is 11.5 Å². The molecule has 1 aromatic carbocycles. The highest BCUT2D eigenvalue weighted by atomic mass is 16.2. The molecule has 0 saturated heterocycles. The molecule has 1 fully saturated rings. The van der Waals surface area contributed by atoms with Crippen LogP contribution in [-0.4, -0.2) is 11.7 Å². The van der Waals surface area contributed by atoms with Crippen LogP contribution in [0, 0.1) is 5.92 Å². The summed E-state index contributed by atoms with van der Waals surface area (Å²) in [6.07, 6.45) is 7.98. The summed E-state index contributed by atoms with van der Waals surface area (Å²) in [5, 5.41) is 2.97. The Hall–Kier alpha value is -1.90. The van der Waals surface area contributed by atoms with Crippen molar-refractivity contribution in [1.29, 1.82) is 0 Å². The standard InChI is InChI=1S/C19H24N2O/c1-13(2)15-10-8-14(9-11-15)12-17-19(22)21-18(20-17)16-6-4-3-5-7-16/h8-13,16H,3-7H2,1-2H3,(H,20,21,22)/b17-12+. The normalized spacial score (nSPS) is 21.3. The van der Waals surface area contributed by atoms with E-state index in [-0.39, 0.29) is 5.91 Å². The third-order valence-corrected chi connectivity index (χ3v) is 4.61. The summed E-state index contributed by atoms with van der Waals surface area (Å²) in [4.78, 5) is 16.7. The van der Waals surface area contributed by atoms with E-state index < -0.39 is 0 Å². The second-order valence-electron chi connectivity index (χ2n) is 6.64. The summed E-state index contributed by atoms with van der Waals surface area (Å²) in [6, 6.07) is 8.36. The maximum atomic E-state index is 12.1. The van der Waals surface area contributed by atoms with Gasteiger partial charge in [-0.1, -0.05) is 57.4 Å². The number of rotatable bonds is 3. The Morgan fingerprint density at radius 1 is 1.14 bits per heavy atom. The number of aliphatic imine (C=N–C) groups is 1. The lowest BCUT2D eigenvalue weighted by molar-refractivity contribution is -0.115. The molecule has 1 aliphatic carbocycles. The quantitative estimate of drug-likeness (QED) is 0.832. The van der Waals surface area contributed by atoms with Gasteiger partial charge in [0.05, 0.1) is 0 Å². The number of benzene rings is 1. The Bertz CT molecular complexity index is 605. The van der Waals surface area contributed by atoms with Gasteiger partial charge in [-0.05, 0) is 36.0 Å². The first-order valence-corrected chi connectivity index (χ1v) is 8.35. The van der Waals surface area contributed by atoms with Crippen molar-refractivity contribution in [1.82, 2.24) is 5.32 Å². The van der Waals surface area contributed by atoms with E-state index in [2.05, 4.69) is 48.4 Å². The molecule has 116 valence electrons. The zero-order valence-corrected chi connectivity index (χ0v) is 13.4. The summed E-state index contributed by atoms with van der Waals surface area (Å²) >= 11 is 0. The summed E-state index contributed by atoms with van der Waals surface area (Å²) in [6.45, 7) is 4.36. The molecule has 22 heavy (non-hydrogen) atoms. The van der Waals surface area contributed by atoms with Gasteiger partial charge in [-0.2, -0.15) is 0 Å². The molecule has 1 aliphatic heterocycles. The molecule has 0 spiro atoms. The summed E-state index contributed by atoms with van der Waals surface area (Å²) in [5.41, 5.74) is 2.88. The molecular formula is C19H24N2O. The van der Waals surface area contributed by atoms with E-state index in [1.807, 2.05) is 6.08 Å². The number of amidine groups is 1. The fourth-order valence-electron chi connectivity index (χ4n) is 3.19. The van der Waals surface area contributed by atoms with Gasteiger partial charge in [-0.25, -0.2) is 4.99 Å². The number of nitrogens with one attached hydrogen (secondary N) is 1. The molecule has 3 nitrogen and oxygen atoms in total. The molecule has 3 heteroatoms. The number of hydrogen-bond acceptors (Lipinski definition) is 2. The lowest BCUT2D eigenvalue weighted by Gasteiger charge is -2.20. The van der Waals surface area contributed by atoms with Crippen molar-refractivity contribution < 1.29 is 4.79 Å². The third-order valence-electron chi connectivity index (χ3n) is 4.61. The SMILES string of the molecule is CC(C)c1ccc(/C=C2/N=C(C3CCCCC3)NC2=O)cc1. The first kappa shape index (κ1) is 15.0. The summed E-state index contributed by atoms with van der Waals surface area (Å²) in [5.74, 6) is 1.78. The van der Waals surface area contributed by atoms with E-state index in [0.29, 0.717) is 17.5 Å². The van der Waals surface area contributed by atoms with Crippen LogP contribution < -0.4 is 5.32 Å². The highest BCUT2D eigenvalue weighted by Crippen LogP contribution is 2.27. The van der Waals surface area contributed by atoms with Crippen molar-refractivity contribution in [2.75, 3.05) is 0 Å². The number of carbonyl (C=O) groups excluding carboxylic acids is 1. The van der Waals surface area contributed by atoms with E-state index in [4.69, 9.17) is 0 Å². The van der Waals surface area contributed by atoms with Crippen LogP contribution >= 0.6 is 0 Å². The zero-order valence-electron chi connectivity index (χ0n) is 13.4. The lowest BCUT2D eigenvalue weighted by Crippen LogP contribution is -2.31. The molecule has 0 atom stereocenters. The van der Waals surface area contributed by atoms with Crippen molar-refractivity contribution in [2.45, 2.75) is 51.9 Å². The van der Waals surface area contributed by atoms with Gasteiger partial charge in [0.15, 0.2) is 0 Å². The van der Waals surface area contributed by atoms with Crippen LogP contribution in [0.15, 0.2) is 35.0 Å². The second kappa shape index (κ2) is 6.47. The minimum Gasteiger partial charge on any atom is -0.308 e. The van der Waals surface area contributed by atoms with Gasteiger partial charge >= 0.3 is 0 Å². The molecule has 3 rings (SSSR count). The van der Waals surface area contributed by atoms with Gasteiger partial charge in [-0.15, -0.1) is 0 Å². The summed E-state index contributed by atoms with van der Waals surface area (Å²) < 4.78 is 0. The predicted molar refractivity (Wildman–Crippen MR) is 90.7 cm³/mol. The molecule has 1 saturated carbocycles. The smallest absolute Gasteiger partial charge is 0.275 e. The van der Waals surface area contributed by atoms with Crippen LogP contribution in [0.3, 0.4) is 0 Å². The number of amides is 1. The Balaban J connectivity index is 1.77. The van der Waals surface area contributed by atoms with E-state index in [1.54, 1.807) is 0 Å². The molecular weight excluding hydrogens is 272 g/mol. The van der Waals surface area contributed by atoms with E-state index in [0.717, 1.165) is 24.2 Å². The maximum Gasteiger partial charge on any atom is 0.275 e. The van der Waals surface area contributed by atoms with Gasteiger partial charge in [0, 0.05) is 5.92 Å². The molecule has 0 radical (unpaired) electrons. The highest BCUT2D eigenvalue weighted by molar-refractivity contribution is 6.15. The van der Waals surface area contributed by atoms with Gasteiger partial charge in [0.2, 0.25) is 0 Å². The van der Waals surface area contributed by atoms with Crippen molar-refractivity contribution >= 4 is 17.8 Å². The minimum absolute atomic E-state index is 0.0616. The van der Waals surface area contributed by atoms with Crippen molar-refractivity contribution in [3.8, 4) is 0 Å². The molecule has 0 bridgehead atoms. The zero-order chi connectivity index (χ0) is 15.5. The Morgan fingerprint density at radius 3 is 2.45 bits per heavy atom. The highest BCUT2D eigenvalue weighted by Gasteiger charge is 2.27. The molecule has 1 aromatic rings. The first-order valence-electron chi connectivity index (χ1n) is 8.35. The van der Waals surface area contributed by atoms with Crippen LogP contribution in [0.2, 0.25) is 0 Å². The average molecular weight is 296 g/mol. The Morgan fingerprint density at radius 2 is 1.82 bits per heavy atom. The van der Waals surface area contributed by atoms with Crippen molar-refractivity contribution in [2.24, 2.45) is 10.9 Å². The van der Waals surface area contributed by atoms with E-state index in [9.17, 15) is 4.79 Å². The van der Waals surface area contributed by atoms with Crippen LogP contribution in [0.4, 0.5) is 0 Å². The second-order valence-corrected chi connectivity index (χ2v) is 6.64. The Kier molecular flexibility index (Phi) is 4.41. The van der Waals surface area contributed by atoms with Gasteiger partial charge in [0.25, 0.3) is 5.91 Å². The van der Waals surface area contributed by atoms with Crippen LogP contribution in [0.5, 0.6) is 0 Å². The lowest BCUT2D eigenvalue weighted by atomic mass is 9.88. The Labute approximate surface area is 132 Å². The van der Waals surface area contributed by atoms with Gasteiger partial charge in [-0.3, -0.25) is 4.79 Å². The molecule has 0 aromatic heterocycles. The largest absolute Gasteiger partial charge is 0.308 e. The fraction of sp³-hybridized carbons (Fsp3) is 0.474. The number of hydrogen-bond donors (Lipinski definition) is 1. The molecule has 2 aliphatic rings. The maximum absolute atomic E-state index is 12.1. The molecule has 1 heterocycles. The van der Waals surface area contributed by atoms with E-state index >= 15 is 0 Å². The first-order chi connectivity index (χ1) is 10.6.